The average molecular weight is 371 g/mol. The number of thiazole rings is 1. The lowest BCUT2D eigenvalue weighted by atomic mass is 10.1. The van der Waals surface area contributed by atoms with Crippen molar-refractivity contribution in [1.29, 1.82) is 0 Å². The number of nitrogens with one attached hydrogen (secondary N) is 1. The number of carbonyl (C=O) groups excluding carboxylic acids is 1. The lowest BCUT2D eigenvalue weighted by molar-refractivity contribution is -0.120. The van der Waals surface area contributed by atoms with Crippen LogP contribution in [0.5, 0.6) is 0 Å². The number of hydrogen-bond donors (Lipinski definition) is 1. The molecule has 3 aromatic rings. The van der Waals surface area contributed by atoms with Gasteiger partial charge in [-0.25, -0.2) is 19.2 Å². The molecule has 2 aromatic carbocycles. The number of hydrogen-bond acceptors (Lipinski definition) is 4. The summed E-state index contributed by atoms with van der Waals surface area (Å²) in [6.07, 6.45) is 0.0812. The Morgan fingerprint density at radius 2 is 1.69 bits per heavy atom. The minimum Gasteiger partial charge on any atom is -0.273 e. The van der Waals surface area contributed by atoms with Crippen molar-refractivity contribution in [2.45, 2.75) is 13.3 Å². The van der Waals surface area contributed by atoms with E-state index in [4.69, 9.17) is 0 Å². The van der Waals surface area contributed by atoms with Crippen LogP contribution in [-0.2, 0) is 11.2 Å². The molecule has 0 aliphatic heterocycles. The second kappa shape index (κ2) is 7.97. The van der Waals surface area contributed by atoms with Crippen molar-refractivity contribution in [3.63, 3.8) is 0 Å². The molecular formula is C19H15F2N3OS. The van der Waals surface area contributed by atoms with Crippen LogP contribution in [0.4, 0.5) is 8.78 Å². The fourth-order valence-corrected chi connectivity index (χ4v) is 3.04. The first-order valence-corrected chi connectivity index (χ1v) is 8.68. The van der Waals surface area contributed by atoms with Crippen molar-refractivity contribution in [2.24, 2.45) is 5.10 Å². The fourth-order valence-electron chi connectivity index (χ4n) is 2.22. The maximum atomic E-state index is 13.0. The Balaban J connectivity index is 1.60. The van der Waals surface area contributed by atoms with Gasteiger partial charge in [0.05, 0.1) is 17.8 Å². The lowest BCUT2D eigenvalue weighted by Gasteiger charge is -2.02. The van der Waals surface area contributed by atoms with Crippen LogP contribution in [-0.4, -0.2) is 16.6 Å². The summed E-state index contributed by atoms with van der Waals surface area (Å²) in [4.78, 5) is 16.4. The first kappa shape index (κ1) is 17.9. The average Bonchev–Trinajstić information content (AvgIpc) is 3.09. The minimum atomic E-state index is -0.328. The van der Waals surface area contributed by atoms with Crippen LogP contribution in [0.25, 0.3) is 10.6 Å². The highest BCUT2D eigenvalue weighted by Crippen LogP contribution is 2.24. The molecular weight excluding hydrogens is 356 g/mol. The zero-order valence-electron chi connectivity index (χ0n) is 13.9. The highest BCUT2D eigenvalue weighted by molar-refractivity contribution is 7.13. The van der Waals surface area contributed by atoms with E-state index in [9.17, 15) is 13.6 Å². The van der Waals surface area contributed by atoms with Gasteiger partial charge in [-0.2, -0.15) is 5.10 Å². The van der Waals surface area contributed by atoms with Gasteiger partial charge in [0.25, 0.3) is 0 Å². The minimum absolute atomic E-state index is 0.0812. The molecule has 0 atom stereocenters. The molecule has 0 spiro atoms. The Bertz CT molecular complexity index is 934. The maximum Gasteiger partial charge on any atom is 0.246 e. The summed E-state index contributed by atoms with van der Waals surface area (Å²) in [5.41, 5.74) is 5.18. The normalized spacial score (nSPS) is 11.4. The topological polar surface area (TPSA) is 54.4 Å². The van der Waals surface area contributed by atoms with E-state index in [-0.39, 0.29) is 24.0 Å². The summed E-state index contributed by atoms with van der Waals surface area (Å²) in [7, 11) is 0. The number of aromatic nitrogens is 1. The van der Waals surface area contributed by atoms with Gasteiger partial charge in [-0.3, -0.25) is 4.79 Å². The van der Waals surface area contributed by atoms with Crippen LogP contribution in [0.3, 0.4) is 0 Å². The zero-order valence-corrected chi connectivity index (χ0v) is 14.7. The molecule has 0 bridgehead atoms. The molecule has 1 heterocycles. The molecule has 0 unspecified atom stereocenters. The van der Waals surface area contributed by atoms with E-state index in [0.29, 0.717) is 11.4 Å². The Morgan fingerprint density at radius 3 is 2.35 bits per heavy atom. The van der Waals surface area contributed by atoms with E-state index in [0.717, 1.165) is 16.1 Å². The van der Waals surface area contributed by atoms with Crippen molar-refractivity contribution >= 4 is 23.0 Å². The summed E-state index contributed by atoms with van der Waals surface area (Å²) in [5.74, 6) is -0.937. The van der Waals surface area contributed by atoms with E-state index in [2.05, 4.69) is 15.5 Å². The number of nitrogens with zero attached hydrogens (tertiary/aromatic N) is 2. The third-order valence-corrected chi connectivity index (χ3v) is 4.54. The van der Waals surface area contributed by atoms with Crippen LogP contribution >= 0.6 is 11.3 Å². The first-order chi connectivity index (χ1) is 12.5. The number of benzene rings is 2. The molecule has 3 rings (SSSR count). The van der Waals surface area contributed by atoms with E-state index < -0.39 is 0 Å². The number of hydrazone groups is 1. The third-order valence-electron chi connectivity index (χ3n) is 3.59. The van der Waals surface area contributed by atoms with Gasteiger partial charge in [-0.15, -0.1) is 11.3 Å². The van der Waals surface area contributed by atoms with E-state index in [1.54, 1.807) is 36.6 Å². The predicted octanol–water partition coefficient (Wildman–Crippen LogP) is 4.17. The Kier molecular flexibility index (Phi) is 5.48. The molecule has 7 heteroatoms. The standard InChI is InChI=1S/C19H15F2N3OS/c1-12(13-2-6-15(20)7-3-13)23-24-18(25)10-17-11-26-19(22-17)14-4-8-16(21)9-5-14/h2-9,11H,10H2,1H3,(H,24,25)/b23-12-. The summed E-state index contributed by atoms with van der Waals surface area (Å²) in [6.45, 7) is 1.73. The summed E-state index contributed by atoms with van der Waals surface area (Å²) >= 11 is 1.39. The van der Waals surface area contributed by atoms with Crippen LogP contribution in [0.15, 0.2) is 59.0 Å². The van der Waals surface area contributed by atoms with Gasteiger partial charge >= 0.3 is 0 Å². The molecule has 132 valence electrons. The Labute approximate surface area is 153 Å². The Hall–Kier alpha value is -2.93. The third kappa shape index (κ3) is 4.58. The van der Waals surface area contributed by atoms with Crippen LogP contribution < -0.4 is 5.43 Å². The van der Waals surface area contributed by atoms with Gasteiger partial charge < -0.3 is 0 Å². The number of halogens is 2. The Morgan fingerprint density at radius 1 is 1.08 bits per heavy atom. The number of carbonyl (C=O) groups is 1. The summed E-state index contributed by atoms with van der Waals surface area (Å²) < 4.78 is 25.9. The first-order valence-electron chi connectivity index (χ1n) is 7.80. The van der Waals surface area contributed by atoms with Gasteiger partial charge in [0, 0.05) is 10.9 Å². The van der Waals surface area contributed by atoms with Crippen molar-refractivity contribution in [3.05, 3.63) is 76.8 Å². The van der Waals surface area contributed by atoms with Crippen LogP contribution in [0.2, 0.25) is 0 Å². The SMILES string of the molecule is C/C(=N/NC(=O)Cc1csc(-c2ccc(F)cc2)n1)c1ccc(F)cc1. The quantitative estimate of drug-likeness (QED) is 0.541. The number of rotatable bonds is 5. The second-order valence-electron chi connectivity index (χ2n) is 5.57. The highest BCUT2D eigenvalue weighted by Gasteiger charge is 2.09. The fraction of sp³-hybridized carbons (Fsp3) is 0.105. The molecule has 1 amide bonds. The lowest BCUT2D eigenvalue weighted by Crippen LogP contribution is -2.21. The van der Waals surface area contributed by atoms with Gasteiger partial charge in [-0.05, 0) is 48.9 Å². The molecule has 0 saturated heterocycles. The monoisotopic (exact) mass is 371 g/mol. The molecule has 0 aliphatic carbocycles. The smallest absolute Gasteiger partial charge is 0.246 e. The van der Waals surface area contributed by atoms with Crippen molar-refractivity contribution < 1.29 is 13.6 Å². The van der Waals surface area contributed by atoms with Gasteiger partial charge in [0.15, 0.2) is 0 Å². The molecule has 0 aliphatic rings. The predicted molar refractivity (Wildman–Crippen MR) is 98.0 cm³/mol. The van der Waals surface area contributed by atoms with Crippen molar-refractivity contribution in [1.82, 2.24) is 10.4 Å². The molecule has 0 saturated carbocycles. The van der Waals surface area contributed by atoms with Crippen LogP contribution in [0, 0.1) is 11.6 Å². The molecule has 1 aromatic heterocycles. The van der Waals surface area contributed by atoms with Crippen molar-refractivity contribution in [3.8, 4) is 10.6 Å². The molecule has 26 heavy (non-hydrogen) atoms. The molecule has 0 radical (unpaired) electrons. The largest absolute Gasteiger partial charge is 0.273 e. The van der Waals surface area contributed by atoms with E-state index >= 15 is 0 Å². The summed E-state index contributed by atoms with van der Waals surface area (Å²) in [5, 5.41) is 6.53. The maximum absolute atomic E-state index is 13.0. The summed E-state index contributed by atoms with van der Waals surface area (Å²) in [6, 6.07) is 11.9. The van der Waals surface area contributed by atoms with Crippen molar-refractivity contribution in [2.75, 3.05) is 0 Å². The molecule has 4 nitrogen and oxygen atoms in total. The van der Waals surface area contributed by atoms with Gasteiger partial charge in [0.2, 0.25) is 5.91 Å². The van der Waals surface area contributed by atoms with E-state index in [1.165, 1.54) is 35.6 Å². The van der Waals surface area contributed by atoms with Gasteiger partial charge in [0.1, 0.15) is 16.6 Å². The highest BCUT2D eigenvalue weighted by atomic mass is 32.1. The second-order valence-corrected chi connectivity index (χ2v) is 6.42. The van der Waals surface area contributed by atoms with E-state index in [1.807, 2.05) is 0 Å². The molecule has 1 N–H and O–H groups in total. The van der Waals surface area contributed by atoms with Crippen LogP contribution in [0.1, 0.15) is 18.2 Å². The van der Waals surface area contributed by atoms with Gasteiger partial charge in [-0.1, -0.05) is 12.1 Å². The zero-order chi connectivity index (χ0) is 18.5. The number of amides is 1. The molecule has 0 fully saturated rings.